The molecule has 0 radical (unpaired) electrons. The van der Waals surface area contributed by atoms with E-state index in [1.54, 1.807) is 17.7 Å². The van der Waals surface area contributed by atoms with Gasteiger partial charge in [0.2, 0.25) is 0 Å². The van der Waals surface area contributed by atoms with Crippen molar-refractivity contribution in [3.8, 4) is 0 Å². The molecule has 0 fully saturated rings. The van der Waals surface area contributed by atoms with Crippen molar-refractivity contribution in [3.05, 3.63) is 23.5 Å². The molecule has 1 atom stereocenters. The molecule has 1 aromatic rings. The summed E-state index contributed by atoms with van der Waals surface area (Å²) in [6.45, 7) is 1.87. The average Bonchev–Trinajstić information content (AvgIpc) is 2.46. The summed E-state index contributed by atoms with van der Waals surface area (Å²) in [5.74, 6) is -0.339. The highest BCUT2D eigenvalue weighted by Crippen LogP contribution is 2.13. The van der Waals surface area contributed by atoms with Crippen molar-refractivity contribution in [1.29, 1.82) is 0 Å². The summed E-state index contributed by atoms with van der Waals surface area (Å²) in [5, 5.41) is 0. The van der Waals surface area contributed by atoms with Crippen LogP contribution in [0.1, 0.15) is 29.1 Å². The minimum atomic E-state index is -0.339. The van der Waals surface area contributed by atoms with Crippen molar-refractivity contribution in [3.63, 3.8) is 0 Å². The molecule has 0 bridgehead atoms. The Bertz CT molecular complexity index is 315. The molecule has 0 spiro atoms. The van der Waals surface area contributed by atoms with Gasteiger partial charge in [0, 0.05) is 18.8 Å². The first kappa shape index (κ1) is 9.80. The van der Waals surface area contributed by atoms with Crippen molar-refractivity contribution < 1.29 is 9.53 Å². The van der Waals surface area contributed by atoms with Crippen LogP contribution in [0.5, 0.6) is 0 Å². The molecular weight excluding hydrogens is 168 g/mol. The van der Waals surface area contributed by atoms with Gasteiger partial charge in [-0.1, -0.05) is 0 Å². The lowest BCUT2D eigenvalue weighted by Gasteiger charge is -2.08. The van der Waals surface area contributed by atoms with Gasteiger partial charge < -0.3 is 15.0 Å². The second kappa shape index (κ2) is 3.62. The van der Waals surface area contributed by atoms with Gasteiger partial charge >= 0.3 is 5.97 Å². The van der Waals surface area contributed by atoms with Crippen LogP contribution in [0.15, 0.2) is 12.1 Å². The first-order valence-electron chi connectivity index (χ1n) is 4.07. The number of rotatable bonds is 2. The van der Waals surface area contributed by atoms with Gasteiger partial charge in [-0.05, 0) is 19.1 Å². The van der Waals surface area contributed by atoms with E-state index >= 15 is 0 Å². The molecule has 0 saturated carbocycles. The van der Waals surface area contributed by atoms with Crippen LogP contribution < -0.4 is 5.73 Å². The van der Waals surface area contributed by atoms with Crippen LogP contribution in [0.3, 0.4) is 0 Å². The van der Waals surface area contributed by atoms with Gasteiger partial charge in [-0.15, -0.1) is 0 Å². The topological polar surface area (TPSA) is 57.2 Å². The zero-order chi connectivity index (χ0) is 10.0. The molecule has 0 aliphatic rings. The van der Waals surface area contributed by atoms with Crippen LogP contribution in [0.2, 0.25) is 0 Å². The maximum atomic E-state index is 11.2. The monoisotopic (exact) mass is 182 g/mol. The Morgan fingerprint density at radius 2 is 2.23 bits per heavy atom. The molecule has 13 heavy (non-hydrogen) atoms. The maximum Gasteiger partial charge on any atom is 0.354 e. The van der Waals surface area contributed by atoms with Crippen LogP contribution in [0.25, 0.3) is 0 Å². The van der Waals surface area contributed by atoms with E-state index in [2.05, 4.69) is 4.74 Å². The summed E-state index contributed by atoms with van der Waals surface area (Å²) in [5.41, 5.74) is 7.14. The van der Waals surface area contributed by atoms with Crippen LogP contribution in [-0.4, -0.2) is 17.6 Å². The fraction of sp³-hybridized carbons (Fsp3) is 0.444. The molecule has 0 aliphatic heterocycles. The SMILES string of the molecule is COC(=O)c1ccc(C(C)N)n1C. The third-order valence-electron chi connectivity index (χ3n) is 2.02. The first-order chi connectivity index (χ1) is 6.07. The van der Waals surface area contributed by atoms with Crippen molar-refractivity contribution in [2.75, 3.05) is 7.11 Å². The van der Waals surface area contributed by atoms with Crippen molar-refractivity contribution in [2.45, 2.75) is 13.0 Å². The highest BCUT2D eigenvalue weighted by atomic mass is 16.5. The number of ether oxygens (including phenoxy) is 1. The predicted octanol–water partition coefficient (Wildman–Crippen LogP) is 0.831. The van der Waals surface area contributed by atoms with E-state index in [0.29, 0.717) is 5.69 Å². The molecule has 1 rings (SSSR count). The Balaban J connectivity index is 3.06. The fourth-order valence-corrected chi connectivity index (χ4v) is 1.29. The van der Waals surface area contributed by atoms with E-state index in [1.807, 2.05) is 13.0 Å². The largest absolute Gasteiger partial charge is 0.464 e. The summed E-state index contributed by atoms with van der Waals surface area (Å²) in [6, 6.07) is 3.46. The minimum absolute atomic E-state index is 0.0802. The maximum absolute atomic E-state index is 11.2. The van der Waals surface area contributed by atoms with Crippen LogP contribution in [-0.2, 0) is 11.8 Å². The van der Waals surface area contributed by atoms with Crippen LogP contribution >= 0.6 is 0 Å². The zero-order valence-corrected chi connectivity index (χ0v) is 8.07. The van der Waals surface area contributed by atoms with Crippen molar-refractivity contribution >= 4 is 5.97 Å². The van der Waals surface area contributed by atoms with Crippen molar-refractivity contribution in [2.24, 2.45) is 12.8 Å². The third-order valence-corrected chi connectivity index (χ3v) is 2.02. The Morgan fingerprint density at radius 3 is 2.62 bits per heavy atom. The van der Waals surface area contributed by atoms with Gasteiger partial charge in [0.1, 0.15) is 5.69 Å². The lowest BCUT2D eigenvalue weighted by Crippen LogP contribution is -2.14. The van der Waals surface area contributed by atoms with E-state index in [-0.39, 0.29) is 12.0 Å². The normalized spacial score (nSPS) is 12.6. The average molecular weight is 182 g/mol. The molecule has 2 N–H and O–H groups in total. The van der Waals surface area contributed by atoms with E-state index in [0.717, 1.165) is 5.69 Å². The quantitative estimate of drug-likeness (QED) is 0.689. The molecule has 0 aromatic carbocycles. The Labute approximate surface area is 77.3 Å². The van der Waals surface area contributed by atoms with Gasteiger partial charge in [0.25, 0.3) is 0 Å². The Kier molecular flexibility index (Phi) is 2.72. The number of nitrogens with zero attached hydrogens (tertiary/aromatic N) is 1. The van der Waals surface area contributed by atoms with Crippen LogP contribution in [0, 0.1) is 0 Å². The second-order valence-electron chi connectivity index (χ2n) is 2.98. The number of carbonyl (C=O) groups is 1. The molecule has 4 nitrogen and oxygen atoms in total. The highest BCUT2D eigenvalue weighted by Gasteiger charge is 2.13. The number of hydrogen-bond acceptors (Lipinski definition) is 3. The smallest absolute Gasteiger partial charge is 0.354 e. The summed E-state index contributed by atoms with van der Waals surface area (Å²) in [4.78, 5) is 11.2. The standard InChI is InChI=1S/C9H14N2O2/c1-6(10)7-4-5-8(11(7)2)9(12)13-3/h4-6H,10H2,1-3H3. The molecule has 1 unspecified atom stereocenters. The number of nitrogens with two attached hydrogens (primary N) is 1. The number of hydrogen-bond donors (Lipinski definition) is 1. The zero-order valence-electron chi connectivity index (χ0n) is 8.07. The predicted molar refractivity (Wildman–Crippen MR) is 49.4 cm³/mol. The molecule has 4 heteroatoms. The van der Waals surface area contributed by atoms with Gasteiger partial charge in [-0.3, -0.25) is 0 Å². The van der Waals surface area contributed by atoms with E-state index in [4.69, 9.17) is 5.73 Å². The number of methoxy groups -OCH3 is 1. The van der Waals surface area contributed by atoms with E-state index in [1.165, 1.54) is 7.11 Å². The number of aromatic nitrogens is 1. The fourth-order valence-electron chi connectivity index (χ4n) is 1.29. The summed E-state index contributed by atoms with van der Waals surface area (Å²) < 4.78 is 6.36. The summed E-state index contributed by atoms with van der Waals surface area (Å²) in [7, 11) is 3.16. The molecule has 0 aliphatic carbocycles. The Hall–Kier alpha value is -1.29. The number of carbonyl (C=O) groups excluding carboxylic acids is 1. The third kappa shape index (κ3) is 1.72. The van der Waals surface area contributed by atoms with Crippen LogP contribution in [0.4, 0.5) is 0 Å². The van der Waals surface area contributed by atoms with Gasteiger partial charge in [0.05, 0.1) is 7.11 Å². The first-order valence-corrected chi connectivity index (χ1v) is 4.07. The molecule has 72 valence electrons. The van der Waals surface area contributed by atoms with E-state index < -0.39 is 0 Å². The summed E-state index contributed by atoms with van der Waals surface area (Å²) in [6.07, 6.45) is 0. The lowest BCUT2D eigenvalue weighted by atomic mass is 10.2. The molecular formula is C9H14N2O2. The molecule has 0 saturated heterocycles. The van der Waals surface area contributed by atoms with Gasteiger partial charge in [0.15, 0.2) is 0 Å². The highest BCUT2D eigenvalue weighted by molar-refractivity contribution is 5.87. The van der Waals surface area contributed by atoms with Gasteiger partial charge in [-0.25, -0.2) is 4.79 Å². The van der Waals surface area contributed by atoms with Gasteiger partial charge in [-0.2, -0.15) is 0 Å². The Morgan fingerprint density at radius 1 is 1.62 bits per heavy atom. The molecule has 1 aromatic heterocycles. The second-order valence-corrected chi connectivity index (χ2v) is 2.98. The summed E-state index contributed by atoms with van der Waals surface area (Å²) >= 11 is 0. The lowest BCUT2D eigenvalue weighted by molar-refractivity contribution is 0.0589. The van der Waals surface area contributed by atoms with E-state index in [9.17, 15) is 4.79 Å². The number of esters is 1. The van der Waals surface area contributed by atoms with Crippen molar-refractivity contribution in [1.82, 2.24) is 4.57 Å². The minimum Gasteiger partial charge on any atom is -0.464 e. The molecule has 0 amide bonds. The molecule has 1 heterocycles.